The van der Waals surface area contributed by atoms with E-state index in [-0.39, 0.29) is 18.6 Å². The number of methoxy groups -OCH3 is 1. The zero-order chi connectivity index (χ0) is 15.8. The van der Waals surface area contributed by atoms with Crippen LogP contribution < -0.4 is 9.47 Å². The van der Waals surface area contributed by atoms with Gasteiger partial charge in [-0.15, -0.1) is 6.42 Å². The zero-order valence-corrected chi connectivity index (χ0v) is 12.5. The highest BCUT2D eigenvalue weighted by molar-refractivity contribution is 6.30. The Morgan fingerprint density at radius 2 is 1.95 bits per heavy atom. The maximum Gasteiger partial charge on any atom is 0.311 e. The lowest BCUT2D eigenvalue weighted by Crippen LogP contribution is -2.16. The molecule has 1 rings (SSSR count). The van der Waals surface area contributed by atoms with Crippen LogP contribution in [0.1, 0.15) is 19.8 Å². The number of hydrogen-bond donors (Lipinski definition) is 0. The van der Waals surface area contributed by atoms with Crippen LogP contribution in [0.25, 0.3) is 0 Å². The van der Waals surface area contributed by atoms with E-state index in [1.165, 1.54) is 19.2 Å². The molecule has 5 nitrogen and oxygen atoms in total. The van der Waals surface area contributed by atoms with E-state index in [1.807, 2.05) is 0 Å². The molecular formula is C15H15ClO5. The summed E-state index contributed by atoms with van der Waals surface area (Å²) in [4.78, 5) is 23.0. The molecule has 1 aromatic rings. The quantitative estimate of drug-likeness (QED) is 0.459. The first-order valence-electron chi connectivity index (χ1n) is 6.16. The van der Waals surface area contributed by atoms with Crippen LogP contribution in [0.4, 0.5) is 0 Å². The predicted molar refractivity (Wildman–Crippen MR) is 77.3 cm³/mol. The Bertz CT molecular complexity index is 562. The number of carbonyl (C=O) groups excluding carboxylic acids is 2. The fraction of sp³-hybridized carbons (Fsp3) is 0.333. The van der Waals surface area contributed by atoms with Gasteiger partial charge < -0.3 is 14.2 Å². The minimum atomic E-state index is -0.620. The summed E-state index contributed by atoms with van der Waals surface area (Å²) in [7, 11) is 1.43. The zero-order valence-electron chi connectivity index (χ0n) is 11.7. The summed E-state index contributed by atoms with van der Waals surface area (Å²) in [5.74, 6) is 1.68. The second kappa shape index (κ2) is 8.18. The minimum absolute atomic E-state index is 0.110. The Labute approximate surface area is 128 Å². The number of ether oxygens (including phenoxy) is 3. The molecule has 6 heteroatoms. The van der Waals surface area contributed by atoms with Crippen molar-refractivity contribution in [1.82, 2.24) is 0 Å². The molecule has 0 bridgehead atoms. The van der Waals surface area contributed by atoms with Gasteiger partial charge in [0.25, 0.3) is 0 Å². The van der Waals surface area contributed by atoms with E-state index in [4.69, 9.17) is 32.2 Å². The lowest BCUT2D eigenvalue weighted by molar-refractivity contribution is -0.148. The van der Waals surface area contributed by atoms with E-state index in [2.05, 4.69) is 5.92 Å². The summed E-state index contributed by atoms with van der Waals surface area (Å²) < 4.78 is 15.0. The lowest BCUT2D eigenvalue weighted by atomic mass is 10.3. The van der Waals surface area contributed by atoms with Crippen LogP contribution in [-0.4, -0.2) is 25.2 Å². The summed E-state index contributed by atoms with van der Waals surface area (Å²) in [6, 6.07) is 4.60. The van der Waals surface area contributed by atoms with Gasteiger partial charge >= 0.3 is 11.9 Å². The lowest BCUT2D eigenvalue weighted by Gasteiger charge is -2.10. The molecule has 1 aromatic carbocycles. The Hall–Kier alpha value is -2.19. The van der Waals surface area contributed by atoms with Crippen molar-refractivity contribution in [3.8, 4) is 23.8 Å². The highest BCUT2D eigenvalue weighted by Gasteiger charge is 2.14. The van der Waals surface area contributed by atoms with Crippen molar-refractivity contribution in [2.75, 3.05) is 7.11 Å². The maximum atomic E-state index is 11.7. The Morgan fingerprint density at radius 3 is 2.57 bits per heavy atom. The molecular weight excluding hydrogens is 296 g/mol. The third kappa shape index (κ3) is 5.76. The number of benzene rings is 1. The van der Waals surface area contributed by atoms with Crippen molar-refractivity contribution in [1.29, 1.82) is 0 Å². The van der Waals surface area contributed by atoms with Gasteiger partial charge in [0.05, 0.1) is 20.0 Å². The highest BCUT2D eigenvalue weighted by Crippen LogP contribution is 2.30. The standard InChI is InChI=1S/C15H15ClO5/c1-4-10(2)20-14(17)7-8-15(18)21-12-6-5-11(16)9-13(12)19-3/h1,5-6,9-10H,7-8H2,2-3H3. The van der Waals surface area contributed by atoms with E-state index in [0.717, 1.165) is 0 Å². The van der Waals surface area contributed by atoms with Crippen molar-refractivity contribution in [3.05, 3.63) is 23.2 Å². The predicted octanol–water partition coefficient (Wildman–Crippen LogP) is 2.60. The van der Waals surface area contributed by atoms with Crippen molar-refractivity contribution >= 4 is 23.5 Å². The SMILES string of the molecule is C#CC(C)OC(=O)CCC(=O)Oc1ccc(Cl)cc1OC. The summed E-state index contributed by atoms with van der Waals surface area (Å²) in [5, 5.41) is 0.457. The first-order chi connectivity index (χ1) is 9.96. The molecule has 0 amide bonds. The van der Waals surface area contributed by atoms with Gasteiger partial charge in [0.15, 0.2) is 17.6 Å². The molecule has 0 saturated carbocycles. The molecule has 0 aromatic heterocycles. The van der Waals surface area contributed by atoms with Gasteiger partial charge in [0.2, 0.25) is 0 Å². The van der Waals surface area contributed by atoms with E-state index in [9.17, 15) is 9.59 Å². The monoisotopic (exact) mass is 310 g/mol. The van der Waals surface area contributed by atoms with Crippen LogP contribution in [0.5, 0.6) is 11.5 Å². The smallest absolute Gasteiger partial charge is 0.311 e. The van der Waals surface area contributed by atoms with Gasteiger partial charge in [0.1, 0.15) is 0 Å². The second-order valence-corrected chi connectivity index (χ2v) is 4.50. The average Bonchev–Trinajstić information content (AvgIpc) is 2.46. The number of terminal acetylenes is 1. The Balaban J connectivity index is 2.51. The molecule has 0 aliphatic carbocycles. The van der Waals surface area contributed by atoms with Crippen molar-refractivity contribution in [2.24, 2.45) is 0 Å². The maximum absolute atomic E-state index is 11.7. The van der Waals surface area contributed by atoms with E-state index in [1.54, 1.807) is 13.0 Å². The Morgan fingerprint density at radius 1 is 1.29 bits per heavy atom. The summed E-state index contributed by atoms with van der Waals surface area (Å²) in [6.45, 7) is 1.56. The number of halogens is 1. The van der Waals surface area contributed by atoms with Gasteiger partial charge in [-0.1, -0.05) is 17.5 Å². The van der Waals surface area contributed by atoms with Gasteiger partial charge in [-0.2, -0.15) is 0 Å². The molecule has 1 unspecified atom stereocenters. The first kappa shape index (κ1) is 16.9. The fourth-order valence-corrected chi connectivity index (χ4v) is 1.56. The van der Waals surface area contributed by atoms with Crippen LogP contribution in [0.3, 0.4) is 0 Å². The largest absolute Gasteiger partial charge is 0.493 e. The fourth-order valence-electron chi connectivity index (χ4n) is 1.39. The number of carbonyl (C=O) groups is 2. The van der Waals surface area contributed by atoms with Gasteiger partial charge in [-0.25, -0.2) is 0 Å². The summed E-state index contributed by atoms with van der Waals surface area (Å²) in [6.07, 6.45) is 4.23. The minimum Gasteiger partial charge on any atom is -0.493 e. The van der Waals surface area contributed by atoms with E-state index in [0.29, 0.717) is 10.8 Å². The number of hydrogen-bond acceptors (Lipinski definition) is 5. The second-order valence-electron chi connectivity index (χ2n) is 4.07. The van der Waals surface area contributed by atoms with Crippen molar-refractivity contribution in [2.45, 2.75) is 25.9 Å². The van der Waals surface area contributed by atoms with Gasteiger partial charge in [0, 0.05) is 11.1 Å². The molecule has 0 radical (unpaired) electrons. The highest BCUT2D eigenvalue weighted by atomic mass is 35.5. The molecule has 112 valence electrons. The molecule has 0 N–H and O–H groups in total. The van der Waals surface area contributed by atoms with E-state index >= 15 is 0 Å². The topological polar surface area (TPSA) is 61.8 Å². The normalized spacial score (nSPS) is 11.1. The van der Waals surface area contributed by atoms with Crippen molar-refractivity contribution < 1.29 is 23.8 Å². The molecule has 1 atom stereocenters. The van der Waals surface area contributed by atoms with Crippen LogP contribution in [0.15, 0.2) is 18.2 Å². The van der Waals surface area contributed by atoms with E-state index < -0.39 is 18.0 Å². The van der Waals surface area contributed by atoms with Crippen LogP contribution in [-0.2, 0) is 14.3 Å². The molecule has 0 heterocycles. The molecule has 0 aliphatic rings. The molecule has 0 fully saturated rings. The molecule has 0 aliphatic heterocycles. The van der Waals surface area contributed by atoms with Crippen molar-refractivity contribution in [3.63, 3.8) is 0 Å². The molecule has 21 heavy (non-hydrogen) atoms. The van der Waals surface area contributed by atoms with Crippen LogP contribution in [0, 0.1) is 12.3 Å². The van der Waals surface area contributed by atoms with Crippen LogP contribution >= 0.6 is 11.6 Å². The van der Waals surface area contributed by atoms with Crippen LogP contribution in [0.2, 0.25) is 5.02 Å². The average molecular weight is 311 g/mol. The number of esters is 2. The third-order valence-electron chi connectivity index (χ3n) is 2.43. The Kier molecular flexibility index (Phi) is 6.57. The van der Waals surface area contributed by atoms with Gasteiger partial charge in [-0.3, -0.25) is 9.59 Å². The number of rotatable bonds is 6. The summed E-state index contributed by atoms with van der Waals surface area (Å²) >= 11 is 5.80. The third-order valence-corrected chi connectivity index (χ3v) is 2.66. The molecule has 0 spiro atoms. The first-order valence-corrected chi connectivity index (χ1v) is 6.54. The van der Waals surface area contributed by atoms with Gasteiger partial charge in [-0.05, 0) is 19.1 Å². The summed E-state index contributed by atoms with van der Waals surface area (Å²) in [5.41, 5.74) is 0. The molecule has 0 saturated heterocycles.